The number of fused-ring (bicyclic) bond motifs is 1. The standard InChI is InChI=1S/C15H12ClN3OS3/c1-2-21-15-19-18-14(23-15)17-12(20)8-7-11-13(16)9-5-3-4-6-10(9)22-11/h3-8H,2H2,1H3,(H,17,18,20)/b8-7+. The van der Waals surface area contributed by atoms with Crippen LogP contribution < -0.4 is 5.32 Å². The monoisotopic (exact) mass is 381 g/mol. The molecule has 8 heteroatoms. The van der Waals surface area contributed by atoms with Gasteiger partial charge in [-0.25, -0.2) is 0 Å². The zero-order valence-electron chi connectivity index (χ0n) is 12.1. The molecular formula is C15H12ClN3OS3. The quantitative estimate of drug-likeness (QED) is 0.376. The number of benzene rings is 1. The highest BCUT2D eigenvalue weighted by Crippen LogP contribution is 2.35. The first-order chi connectivity index (χ1) is 11.2. The van der Waals surface area contributed by atoms with Crippen LogP contribution in [0.5, 0.6) is 0 Å². The number of thiophene rings is 1. The van der Waals surface area contributed by atoms with Gasteiger partial charge in [-0.1, -0.05) is 59.8 Å². The molecular weight excluding hydrogens is 370 g/mol. The summed E-state index contributed by atoms with van der Waals surface area (Å²) in [5, 5.41) is 12.8. The van der Waals surface area contributed by atoms with E-state index in [1.165, 1.54) is 17.4 Å². The van der Waals surface area contributed by atoms with Gasteiger partial charge < -0.3 is 0 Å². The van der Waals surface area contributed by atoms with Crippen molar-refractivity contribution in [2.24, 2.45) is 0 Å². The highest BCUT2D eigenvalue weighted by Gasteiger charge is 2.09. The maximum Gasteiger partial charge on any atom is 0.250 e. The molecule has 0 radical (unpaired) electrons. The summed E-state index contributed by atoms with van der Waals surface area (Å²) in [5.74, 6) is 0.676. The number of nitrogens with zero attached hydrogens (tertiary/aromatic N) is 2. The van der Waals surface area contributed by atoms with Gasteiger partial charge >= 0.3 is 0 Å². The molecule has 0 unspecified atom stereocenters. The SMILES string of the molecule is CCSc1nnc(NC(=O)/C=C/c2sc3ccccc3c2Cl)s1. The van der Waals surface area contributed by atoms with Gasteiger partial charge in [0.1, 0.15) is 0 Å². The molecule has 0 saturated carbocycles. The summed E-state index contributed by atoms with van der Waals surface area (Å²) in [5.41, 5.74) is 0. The number of halogens is 1. The van der Waals surface area contributed by atoms with Crippen molar-refractivity contribution in [3.05, 3.63) is 40.2 Å². The molecule has 3 aromatic rings. The molecule has 1 N–H and O–H groups in total. The Morgan fingerprint density at radius 1 is 1.35 bits per heavy atom. The Morgan fingerprint density at radius 3 is 2.96 bits per heavy atom. The van der Waals surface area contributed by atoms with E-state index in [1.54, 1.807) is 29.2 Å². The van der Waals surface area contributed by atoms with Crippen LogP contribution >= 0.6 is 46.0 Å². The molecule has 23 heavy (non-hydrogen) atoms. The number of aromatic nitrogens is 2. The van der Waals surface area contributed by atoms with Gasteiger partial charge in [0.05, 0.1) is 5.02 Å². The number of hydrogen-bond donors (Lipinski definition) is 1. The van der Waals surface area contributed by atoms with Crippen molar-refractivity contribution in [2.75, 3.05) is 11.1 Å². The average molecular weight is 382 g/mol. The maximum atomic E-state index is 12.0. The smallest absolute Gasteiger partial charge is 0.250 e. The molecule has 0 aliphatic rings. The zero-order valence-corrected chi connectivity index (χ0v) is 15.3. The first-order valence-corrected chi connectivity index (χ1v) is 9.79. The van der Waals surface area contributed by atoms with Crippen molar-refractivity contribution in [1.29, 1.82) is 0 Å². The molecule has 1 amide bonds. The maximum absolute atomic E-state index is 12.0. The summed E-state index contributed by atoms with van der Waals surface area (Å²) in [6.45, 7) is 2.04. The second-order valence-electron chi connectivity index (χ2n) is 4.41. The molecule has 4 nitrogen and oxygen atoms in total. The molecule has 3 rings (SSSR count). The highest BCUT2D eigenvalue weighted by molar-refractivity contribution is 8.01. The number of nitrogens with one attached hydrogen (secondary N) is 1. The van der Waals surface area contributed by atoms with Gasteiger partial charge in [0, 0.05) is 21.0 Å². The van der Waals surface area contributed by atoms with Gasteiger partial charge in [0.2, 0.25) is 11.0 Å². The van der Waals surface area contributed by atoms with E-state index < -0.39 is 0 Å². The fourth-order valence-electron chi connectivity index (χ4n) is 1.88. The van der Waals surface area contributed by atoms with Gasteiger partial charge in [0.25, 0.3) is 0 Å². The van der Waals surface area contributed by atoms with Gasteiger partial charge in [-0.3, -0.25) is 10.1 Å². The third-order valence-corrected chi connectivity index (χ3v) is 6.36. The summed E-state index contributed by atoms with van der Waals surface area (Å²) in [4.78, 5) is 12.8. The predicted octanol–water partition coefficient (Wildman–Crippen LogP) is 5.17. The van der Waals surface area contributed by atoms with E-state index in [0.717, 1.165) is 25.1 Å². The molecule has 118 valence electrons. The van der Waals surface area contributed by atoms with E-state index in [4.69, 9.17) is 11.6 Å². The van der Waals surface area contributed by atoms with Gasteiger partial charge in [-0.15, -0.1) is 21.5 Å². The van der Waals surface area contributed by atoms with Crippen LogP contribution in [0.25, 0.3) is 16.2 Å². The summed E-state index contributed by atoms with van der Waals surface area (Å²) in [6, 6.07) is 7.90. The average Bonchev–Trinajstić information content (AvgIpc) is 3.11. The third-order valence-electron chi connectivity index (χ3n) is 2.85. The lowest BCUT2D eigenvalue weighted by atomic mass is 10.2. The van der Waals surface area contributed by atoms with Crippen LogP contribution in [0.1, 0.15) is 11.8 Å². The molecule has 0 aliphatic carbocycles. The van der Waals surface area contributed by atoms with Gasteiger partial charge in [0.15, 0.2) is 4.34 Å². The lowest BCUT2D eigenvalue weighted by Gasteiger charge is -1.94. The van der Waals surface area contributed by atoms with Crippen molar-refractivity contribution in [1.82, 2.24) is 10.2 Å². The second-order valence-corrected chi connectivity index (χ2v) is 8.36. The molecule has 1 aromatic carbocycles. The topological polar surface area (TPSA) is 54.9 Å². The minimum atomic E-state index is -0.247. The first-order valence-electron chi connectivity index (χ1n) is 6.79. The number of carbonyl (C=O) groups excluding carboxylic acids is 1. The summed E-state index contributed by atoms with van der Waals surface area (Å²) >= 11 is 10.9. The van der Waals surface area contributed by atoms with Crippen LogP contribution in [-0.4, -0.2) is 21.9 Å². The molecule has 0 aliphatic heterocycles. The number of hydrogen-bond acceptors (Lipinski definition) is 6. The predicted molar refractivity (Wildman–Crippen MR) is 101 cm³/mol. The fraction of sp³-hybridized carbons (Fsp3) is 0.133. The normalized spacial score (nSPS) is 11.4. The largest absolute Gasteiger partial charge is 0.297 e. The van der Waals surface area contributed by atoms with Crippen LogP contribution in [0.15, 0.2) is 34.7 Å². The fourth-order valence-corrected chi connectivity index (χ4v) is 4.93. The summed E-state index contributed by atoms with van der Waals surface area (Å²) in [7, 11) is 0. The number of thioether (sulfide) groups is 1. The summed E-state index contributed by atoms with van der Waals surface area (Å²) < 4.78 is 1.95. The van der Waals surface area contributed by atoms with Crippen LogP contribution in [0.2, 0.25) is 5.02 Å². The second kappa shape index (κ2) is 7.44. The molecule has 0 atom stereocenters. The van der Waals surface area contributed by atoms with Crippen LogP contribution in [0, 0.1) is 0 Å². The number of anilines is 1. The Kier molecular flexibility index (Phi) is 5.32. The Labute approximate surface area is 150 Å². The van der Waals surface area contributed by atoms with E-state index in [1.807, 2.05) is 31.2 Å². The lowest BCUT2D eigenvalue weighted by molar-refractivity contribution is -0.111. The van der Waals surface area contributed by atoms with Gasteiger partial charge in [-0.05, 0) is 17.9 Å². The van der Waals surface area contributed by atoms with E-state index in [9.17, 15) is 4.79 Å². The van der Waals surface area contributed by atoms with Crippen molar-refractivity contribution in [3.63, 3.8) is 0 Å². The molecule has 0 bridgehead atoms. The minimum absolute atomic E-state index is 0.247. The highest BCUT2D eigenvalue weighted by atomic mass is 35.5. The molecule has 2 heterocycles. The zero-order chi connectivity index (χ0) is 16.2. The van der Waals surface area contributed by atoms with Crippen molar-refractivity contribution in [2.45, 2.75) is 11.3 Å². The first kappa shape index (κ1) is 16.4. The number of rotatable bonds is 5. The Balaban J connectivity index is 1.70. The number of carbonyl (C=O) groups is 1. The van der Waals surface area contributed by atoms with Gasteiger partial charge in [-0.2, -0.15) is 0 Å². The van der Waals surface area contributed by atoms with E-state index in [-0.39, 0.29) is 5.91 Å². The van der Waals surface area contributed by atoms with E-state index in [0.29, 0.717) is 10.2 Å². The van der Waals surface area contributed by atoms with Crippen LogP contribution in [0.4, 0.5) is 5.13 Å². The molecule has 0 fully saturated rings. The molecule has 0 saturated heterocycles. The van der Waals surface area contributed by atoms with Crippen LogP contribution in [0.3, 0.4) is 0 Å². The lowest BCUT2D eigenvalue weighted by Crippen LogP contribution is -2.07. The van der Waals surface area contributed by atoms with Crippen molar-refractivity contribution in [3.8, 4) is 0 Å². The van der Waals surface area contributed by atoms with Crippen molar-refractivity contribution >= 4 is 73.2 Å². The number of amides is 1. The third kappa shape index (κ3) is 3.92. The Hall–Kier alpha value is -1.41. The Morgan fingerprint density at radius 2 is 2.17 bits per heavy atom. The molecule has 0 spiro atoms. The van der Waals surface area contributed by atoms with E-state index >= 15 is 0 Å². The van der Waals surface area contributed by atoms with Crippen molar-refractivity contribution < 1.29 is 4.79 Å². The minimum Gasteiger partial charge on any atom is -0.297 e. The Bertz CT molecular complexity index is 872. The van der Waals surface area contributed by atoms with E-state index in [2.05, 4.69) is 15.5 Å². The summed E-state index contributed by atoms with van der Waals surface area (Å²) in [6.07, 6.45) is 3.19. The van der Waals surface area contributed by atoms with Crippen LogP contribution in [-0.2, 0) is 4.79 Å². The molecule has 2 aromatic heterocycles.